The van der Waals surface area contributed by atoms with Crippen LogP contribution in [0.1, 0.15) is 11.1 Å². The number of halogens is 1. The molecule has 0 radical (unpaired) electrons. The monoisotopic (exact) mass is 258 g/mol. The number of hydrogen-bond acceptors (Lipinski definition) is 4. The van der Waals surface area contributed by atoms with Gasteiger partial charge in [0, 0.05) is 10.7 Å². The maximum atomic E-state index is 9.01. The van der Waals surface area contributed by atoms with Crippen LogP contribution in [0.25, 0.3) is 0 Å². The molecule has 1 heterocycles. The third-order valence-electron chi connectivity index (χ3n) is 2.46. The number of pyridine rings is 1. The van der Waals surface area contributed by atoms with E-state index in [1.807, 2.05) is 25.1 Å². The molecule has 0 saturated heterocycles. The SMILES string of the molecule is Cc1ccc(Nc2ncc(N)cc2C#N)cc1Cl. The number of nitrogens with zero attached hydrogens (tertiary/aromatic N) is 2. The summed E-state index contributed by atoms with van der Waals surface area (Å²) in [4.78, 5) is 4.09. The lowest BCUT2D eigenvalue weighted by atomic mass is 10.2. The van der Waals surface area contributed by atoms with Gasteiger partial charge in [0.25, 0.3) is 0 Å². The zero-order valence-electron chi connectivity index (χ0n) is 9.74. The lowest BCUT2D eigenvalue weighted by Crippen LogP contribution is -1.98. The Bertz CT molecular complexity index is 631. The first-order chi connectivity index (χ1) is 8.60. The van der Waals surface area contributed by atoms with Crippen LogP contribution in [0, 0.1) is 18.3 Å². The molecule has 5 heteroatoms. The summed E-state index contributed by atoms with van der Waals surface area (Å²) in [6.45, 7) is 1.92. The molecular formula is C13H11ClN4. The zero-order chi connectivity index (χ0) is 13.1. The van der Waals surface area contributed by atoms with Gasteiger partial charge in [-0.2, -0.15) is 5.26 Å². The van der Waals surface area contributed by atoms with E-state index in [-0.39, 0.29) is 0 Å². The molecule has 3 N–H and O–H groups in total. The first-order valence-corrected chi connectivity index (χ1v) is 5.67. The number of aryl methyl sites for hydroxylation is 1. The molecule has 0 atom stereocenters. The Balaban J connectivity index is 2.34. The second-order valence-corrected chi connectivity index (χ2v) is 4.27. The predicted molar refractivity (Wildman–Crippen MR) is 72.8 cm³/mol. The number of benzene rings is 1. The van der Waals surface area contributed by atoms with Gasteiger partial charge in [0.2, 0.25) is 0 Å². The van der Waals surface area contributed by atoms with E-state index in [1.54, 1.807) is 12.1 Å². The number of nitrogens with one attached hydrogen (secondary N) is 1. The molecule has 1 aromatic carbocycles. The summed E-state index contributed by atoms with van der Waals surface area (Å²) >= 11 is 6.03. The molecule has 2 aromatic rings. The Morgan fingerprint density at radius 2 is 2.17 bits per heavy atom. The summed E-state index contributed by atoms with van der Waals surface area (Å²) in [6.07, 6.45) is 1.50. The molecule has 0 spiro atoms. The number of rotatable bonds is 2. The maximum Gasteiger partial charge on any atom is 0.148 e. The van der Waals surface area contributed by atoms with Crippen molar-refractivity contribution in [3.05, 3.63) is 46.6 Å². The summed E-state index contributed by atoms with van der Waals surface area (Å²) < 4.78 is 0. The maximum absolute atomic E-state index is 9.01. The second kappa shape index (κ2) is 4.94. The molecule has 1 aromatic heterocycles. The molecule has 0 saturated carbocycles. The molecular weight excluding hydrogens is 248 g/mol. The minimum atomic E-state index is 0.395. The Morgan fingerprint density at radius 3 is 2.83 bits per heavy atom. The molecule has 0 bridgehead atoms. The number of hydrogen-bond donors (Lipinski definition) is 2. The highest BCUT2D eigenvalue weighted by molar-refractivity contribution is 6.31. The van der Waals surface area contributed by atoms with Gasteiger partial charge < -0.3 is 11.1 Å². The first-order valence-electron chi connectivity index (χ1n) is 5.29. The van der Waals surface area contributed by atoms with E-state index in [2.05, 4.69) is 10.3 Å². The topological polar surface area (TPSA) is 74.7 Å². The van der Waals surface area contributed by atoms with Crippen molar-refractivity contribution < 1.29 is 0 Å². The van der Waals surface area contributed by atoms with E-state index >= 15 is 0 Å². The number of anilines is 3. The van der Waals surface area contributed by atoms with Gasteiger partial charge in [-0.25, -0.2) is 4.98 Å². The smallest absolute Gasteiger partial charge is 0.148 e. The van der Waals surface area contributed by atoms with Gasteiger partial charge >= 0.3 is 0 Å². The van der Waals surface area contributed by atoms with E-state index in [0.29, 0.717) is 22.1 Å². The molecule has 0 fully saturated rings. The molecule has 0 aliphatic heterocycles. The van der Waals surface area contributed by atoms with Gasteiger partial charge in [-0.15, -0.1) is 0 Å². The van der Waals surface area contributed by atoms with Gasteiger partial charge in [0.15, 0.2) is 0 Å². The Morgan fingerprint density at radius 1 is 1.39 bits per heavy atom. The van der Waals surface area contributed by atoms with Crippen molar-refractivity contribution in [2.24, 2.45) is 0 Å². The van der Waals surface area contributed by atoms with Crippen molar-refractivity contribution in [3.63, 3.8) is 0 Å². The molecule has 90 valence electrons. The van der Waals surface area contributed by atoms with Crippen LogP contribution in [0.5, 0.6) is 0 Å². The summed E-state index contributed by atoms with van der Waals surface area (Å²) in [5.74, 6) is 0.464. The number of nitriles is 1. The largest absolute Gasteiger partial charge is 0.397 e. The lowest BCUT2D eigenvalue weighted by Gasteiger charge is -2.08. The number of nitrogens with two attached hydrogens (primary N) is 1. The van der Waals surface area contributed by atoms with E-state index in [0.717, 1.165) is 11.3 Å². The Hall–Kier alpha value is -2.25. The van der Waals surface area contributed by atoms with Crippen LogP contribution in [-0.2, 0) is 0 Å². The minimum absolute atomic E-state index is 0.395. The summed E-state index contributed by atoms with van der Waals surface area (Å²) in [6, 6.07) is 9.18. The molecule has 18 heavy (non-hydrogen) atoms. The zero-order valence-corrected chi connectivity index (χ0v) is 10.5. The Kier molecular flexibility index (Phi) is 3.35. The first kappa shape index (κ1) is 12.2. The van der Waals surface area contributed by atoms with Crippen molar-refractivity contribution >= 4 is 28.8 Å². The second-order valence-electron chi connectivity index (χ2n) is 3.87. The van der Waals surface area contributed by atoms with Gasteiger partial charge in [-0.1, -0.05) is 17.7 Å². The van der Waals surface area contributed by atoms with Crippen LogP contribution in [0.4, 0.5) is 17.2 Å². The van der Waals surface area contributed by atoms with Crippen LogP contribution in [-0.4, -0.2) is 4.98 Å². The highest BCUT2D eigenvalue weighted by Gasteiger charge is 2.05. The van der Waals surface area contributed by atoms with E-state index in [9.17, 15) is 0 Å². The number of aromatic nitrogens is 1. The number of nitrogen functional groups attached to an aromatic ring is 1. The third kappa shape index (κ3) is 2.53. The Labute approximate surface area is 110 Å². The predicted octanol–water partition coefficient (Wildman–Crippen LogP) is 3.24. The van der Waals surface area contributed by atoms with Crippen molar-refractivity contribution in [2.45, 2.75) is 6.92 Å². The van der Waals surface area contributed by atoms with Gasteiger partial charge in [-0.3, -0.25) is 0 Å². The highest BCUT2D eigenvalue weighted by atomic mass is 35.5. The molecule has 4 nitrogen and oxygen atoms in total. The fourth-order valence-electron chi connectivity index (χ4n) is 1.47. The van der Waals surface area contributed by atoms with Crippen LogP contribution < -0.4 is 11.1 Å². The van der Waals surface area contributed by atoms with Crippen LogP contribution in [0.15, 0.2) is 30.5 Å². The standard InChI is InChI=1S/C13H11ClN4/c1-8-2-3-11(5-12(8)14)18-13-9(6-15)4-10(16)7-17-13/h2-5,7H,16H2,1H3,(H,17,18). The summed E-state index contributed by atoms with van der Waals surface area (Å²) in [7, 11) is 0. The van der Waals surface area contributed by atoms with Crippen LogP contribution >= 0.6 is 11.6 Å². The molecule has 0 aliphatic rings. The molecule has 0 aliphatic carbocycles. The van der Waals surface area contributed by atoms with Crippen molar-refractivity contribution in [1.29, 1.82) is 5.26 Å². The van der Waals surface area contributed by atoms with E-state index in [4.69, 9.17) is 22.6 Å². The molecule has 2 rings (SSSR count). The summed E-state index contributed by atoms with van der Waals surface area (Å²) in [5.41, 5.74) is 8.20. The van der Waals surface area contributed by atoms with Crippen molar-refractivity contribution in [3.8, 4) is 6.07 Å². The lowest BCUT2D eigenvalue weighted by molar-refractivity contribution is 1.29. The molecule has 0 unspecified atom stereocenters. The molecule has 0 amide bonds. The van der Waals surface area contributed by atoms with Gasteiger partial charge in [-0.05, 0) is 30.7 Å². The van der Waals surface area contributed by atoms with Crippen molar-refractivity contribution in [1.82, 2.24) is 4.98 Å². The average molecular weight is 259 g/mol. The van der Waals surface area contributed by atoms with Crippen LogP contribution in [0.2, 0.25) is 5.02 Å². The average Bonchev–Trinajstić information content (AvgIpc) is 2.36. The van der Waals surface area contributed by atoms with E-state index in [1.165, 1.54) is 6.20 Å². The highest BCUT2D eigenvalue weighted by Crippen LogP contribution is 2.24. The van der Waals surface area contributed by atoms with E-state index < -0.39 is 0 Å². The third-order valence-corrected chi connectivity index (χ3v) is 2.87. The minimum Gasteiger partial charge on any atom is -0.397 e. The van der Waals surface area contributed by atoms with Gasteiger partial charge in [0.05, 0.1) is 17.4 Å². The normalized spacial score (nSPS) is 9.83. The quantitative estimate of drug-likeness (QED) is 0.867. The summed E-state index contributed by atoms with van der Waals surface area (Å²) in [5, 5.41) is 12.7. The van der Waals surface area contributed by atoms with Crippen LogP contribution in [0.3, 0.4) is 0 Å². The fraction of sp³-hybridized carbons (Fsp3) is 0.0769. The van der Waals surface area contributed by atoms with Gasteiger partial charge in [0.1, 0.15) is 11.9 Å². The fourth-order valence-corrected chi connectivity index (χ4v) is 1.65. The van der Waals surface area contributed by atoms with Crippen molar-refractivity contribution in [2.75, 3.05) is 11.1 Å².